The van der Waals surface area contributed by atoms with E-state index in [1.807, 2.05) is 22.6 Å². The summed E-state index contributed by atoms with van der Waals surface area (Å²) < 4.78 is 8.54. The van der Waals surface area contributed by atoms with E-state index in [-0.39, 0.29) is 17.2 Å². The van der Waals surface area contributed by atoms with Crippen LogP contribution in [0, 0.1) is 0 Å². The van der Waals surface area contributed by atoms with Gasteiger partial charge in [0.2, 0.25) is 11.7 Å². The van der Waals surface area contributed by atoms with Gasteiger partial charge in [-0.1, -0.05) is 41.6 Å². The lowest BCUT2D eigenvalue weighted by atomic mass is 10.2. The van der Waals surface area contributed by atoms with Crippen molar-refractivity contribution in [1.82, 2.24) is 19.2 Å². The summed E-state index contributed by atoms with van der Waals surface area (Å²) in [7, 11) is 1.62. The Hall–Kier alpha value is -2.88. The van der Waals surface area contributed by atoms with Gasteiger partial charge in [-0.25, -0.2) is 0 Å². The number of aryl methyl sites for hydroxylation is 1. The van der Waals surface area contributed by atoms with Crippen molar-refractivity contribution in [1.29, 1.82) is 0 Å². The van der Waals surface area contributed by atoms with E-state index in [1.54, 1.807) is 42.0 Å². The summed E-state index contributed by atoms with van der Waals surface area (Å²) >= 11 is 7.22. The highest BCUT2D eigenvalue weighted by Crippen LogP contribution is 2.22. The van der Waals surface area contributed by atoms with Gasteiger partial charge in [-0.3, -0.25) is 18.6 Å². The first-order valence-corrected chi connectivity index (χ1v) is 11.0. The fourth-order valence-electron chi connectivity index (χ4n) is 3.29. The van der Waals surface area contributed by atoms with Crippen LogP contribution in [-0.2, 0) is 16.1 Å². The van der Waals surface area contributed by atoms with Crippen LogP contribution in [0.4, 0.5) is 5.69 Å². The molecule has 0 aliphatic carbocycles. The van der Waals surface area contributed by atoms with E-state index in [9.17, 15) is 9.59 Å². The number of nitrogens with zero attached hydrogens (tertiary/aromatic N) is 4. The van der Waals surface area contributed by atoms with Gasteiger partial charge >= 0.3 is 0 Å². The lowest BCUT2D eigenvalue weighted by Crippen LogP contribution is -2.24. The minimum absolute atomic E-state index is 0.123. The van der Waals surface area contributed by atoms with Crippen LogP contribution in [-0.4, -0.2) is 44.5 Å². The number of benzene rings is 2. The number of para-hydroxylation sites is 1. The van der Waals surface area contributed by atoms with Gasteiger partial charge in [0.25, 0.3) is 5.56 Å². The highest BCUT2D eigenvalue weighted by atomic mass is 35.5. The molecule has 4 rings (SSSR count). The fourth-order valence-corrected chi connectivity index (χ4v) is 4.22. The second-order valence-electron chi connectivity index (χ2n) is 6.79. The first kappa shape index (κ1) is 21.4. The van der Waals surface area contributed by atoms with Crippen LogP contribution in [0.2, 0.25) is 5.02 Å². The summed E-state index contributed by atoms with van der Waals surface area (Å²) in [6.45, 7) is 0.990. The molecule has 0 atom stereocenters. The Bertz CT molecular complexity index is 1300. The minimum atomic E-state index is -0.193. The molecule has 0 unspecified atom stereocenters. The summed E-state index contributed by atoms with van der Waals surface area (Å²) in [4.78, 5) is 25.4. The molecule has 2 aromatic heterocycles. The molecule has 1 amide bonds. The van der Waals surface area contributed by atoms with Crippen molar-refractivity contribution in [3.8, 4) is 0 Å². The number of rotatable bonds is 8. The van der Waals surface area contributed by atoms with Gasteiger partial charge in [0.1, 0.15) is 0 Å². The van der Waals surface area contributed by atoms with Gasteiger partial charge in [-0.15, -0.1) is 10.2 Å². The Kier molecular flexibility index (Phi) is 6.55. The van der Waals surface area contributed by atoms with E-state index in [0.717, 1.165) is 0 Å². The second-order valence-corrected chi connectivity index (χ2v) is 8.16. The zero-order valence-electron chi connectivity index (χ0n) is 16.7. The average Bonchev–Trinajstić information content (AvgIpc) is 3.19. The van der Waals surface area contributed by atoms with Gasteiger partial charge in [-0.2, -0.15) is 0 Å². The molecule has 0 spiro atoms. The predicted molar refractivity (Wildman–Crippen MR) is 122 cm³/mol. The number of aromatic nitrogens is 4. The van der Waals surface area contributed by atoms with Crippen LogP contribution < -0.4 is 10.9 Å². The number of carbonyl (C=O) groups excluding carboxylic acids is 1. The topological polar surface area (TPSA) is 90.5 Å². The smallest absolute Gasteiger partial charge is 0.262 e. The largest absolute Gasteiger partial charge is 0.385 e. The Labute approximate surface area is 187 Å². The van der Waals surface area contributed by atoms with Crippen molar-refractivity contribution >= 4 is 51.6 Å². The van der Waals surface area contributed by atoms with Crippen LogP contribution in [0.15, 0.2) is 58.5 Å². The number of fused-ring (bicyclic) bond motifs is 3. The number of hydrogen-bond acceptors (Lipinski definition) is 6. The maximum absolute atomic E-state index is 13.0. The van der Waals surface area contributed by atoms with E-state index < -0.39 is 0 Å². The average molecular weight is 458 g/mol. The Morgan fingerprint density at radius 2 is 2.03 bits per heavy atom. The number of amides is 1. The number of hydrogen-bond donors (Lipinski definition) is 1. The van der Waals surface area contributed by atoms with Crippen molar-refractivity contribution in [2.24, 2.45) is 0 Å². The minimum Gasteiger partial charge on any atom is -0.385 e. The molecule has 0 radical (unpaired) electrons. The molecule has 2 aromatic carbocycles. The van der Waals surface area contributed by atoms with Crippen LogP contribution in [0.1, 0.15) is 6.42 Å². The number of halogens is 1. The van der Waals surface area contributed by atoms with Crippen LogP contribution in [0.3, 0.4) is 0 Å². The molecular weight excluding hydrogens is 438 g/mol. The van der Waals surface area contributed by atoms with E-state index in [0.29, 0.717) is 52.1 Å². The fraction of sp³-hybridized carbons (Fsp3) is 0.238. The van der Waals surface area contributed by atoms with Crippen molar-refractivity contribution in [3.63, 3.8) is 0 Å². The predicted octanol–water partition coefficient (Wildman–Crippen LogP) is 3.46. The molecular formula is C21H20ClN5O3S. The van der Waals surface area contributed by atoms with E-state index in [4.69, 9.17) is 16.3 Å². The number of anilines is 1. The number of thioether (sulfide) groups is 1. The van der Waals surface area contributed by atoms with Gasteiger partial charge in [-0.05, 0) is 36.8 Å². The zero-order valence-corrected chi connectivity index (χ0v) is 18.3. The maximum Gasteiger partial charge on any atom is 0.262 e. The summed E-state index contributed by atoms with van der Waals surface area (Å²) in [6.07, 6.45) is 0.668. The normalized spacial score (nSPS) is 11.3. The standard InChI is InChI=1S/C21H20ClN5O3S/c1-30-11-5-10-26-19(29)16-8-2-3-9-17(16)27-20(26)24-25-21(27)31-13-18(28)23-15-7-4-6-14(22)12-15/h2-4,6-9,12H,5,10-11,13H2,1H3,(H,23,28). The highest BCUT2D eigenvalue weighted by Gasteiger charge is 2.17. The third kappa shape index (κ3) is 4.58. The molecule has 31 heavy (non-hydrogen) atoms. The van der Waals surface area contributed by atoms with Gasteiger partial charge < -0.3 is 10.1 Å². The Morgan fingerprint density at radius 1 is 1.19 bits per heavy atom. The molecule has 2 heterocycles. The molecule has 160 valence electrons. The second kappa shape index (κ2) is 9.51. The van der Waals surface area contributed by atoms with Crippen molar-refractivity contribution in [3.05, 3.63) is 63.9 Å². The van der Waals surface area contributed by atoms with Crippen LogP contribution >= 0.6 is 23.4 Å². The molecule has 0 saturated carbocycles. The third-order valence-electron chi connectivity index (χ3n) is 4.65. The summed E-state index contributed by atoms with van der Waals surface area (Å²) in [6, 6.07) is 14.3. The van der Waals surface area contributed by atoms with E-state index in [1.165, 1.54) is 11.8 Å². The molecule has 4 aromatic rings. The van der Waals surface area contributed by atoms with Gasteiger partial charge in [0.05, 0.1) is 16.7 Å². The number of carbonyl (C=O) groups is 1. The summed E-state index contributed by atoms with van der Waals surface area (Å²) in [5, 5.41) is 13.0. The monoisotopic (exact) mass is 457 g/mol. The Morgan fingerprint density at radius 3 is 2.84 bits per heavy atom. The maximum atomic E-state index is 13.0. The lowest BCUT2D eigenvalue weighted by Gasteiger charge is -2.11. The van der Waals surface area contributed by atoms with Crippen molar-refractivity contribution in [2.45, 2.75) is 18.1 Å². The van der Waals surface area contributed by atoms with E-state index >= 15 is 0 Å². The molecule has 0 aliphatic heterocycles. The Balaban J connectivity index is 1.64. The van der Waals surface area contributed by atoms with Crippen LogP contribution in [0.5, 0.6) is 0 Å². The van der Waals surface area contributed by atoms with Crippen molar-refractivity contribution in [2.75, 3.05) is 24.8 Å². The summed E-state index contributed by atoms with van der Waals surface area (Å²) in [5.74, 6) is 0.379. The van der Waals surface area contributed by atoms with Gasteiger partial charge in [0, 0.05) is 31.0 Å². The quantitative estimate of drug-likeness (QED) is 0.322. The zero-order chi connectivity index (χ0) is 21.8. The molecule has 0 saturated heterocycles. The summed E-state index contributed by atoms with van der Waals surface area (Å²) in [5.41, 5.74) is 1.21. The molecule has 0 bridgehead atoms. The molecule has 8 nitrogen and oxygen atoms in total. The molecule has 0 fully saturated rings. The number of methoxy groups -OCH3 is 1. The van der Waals surface area contributed by atoms with Crippen LogP contribution in [0.25, 0.3) is 16.7 Å². The SMILES string of the molecule is COCCCn1c(=O)c2ccccc2n2c(SCC(=O)Nc3cccc(Cl)c3)nnc12. The number of nitrogens with one attached hydrogen (secondary N) is 1. The first-order valence-electron chi connectivity index (χ1n) is 9.62. The first-order chi connectivity index (χ1) is 15.1. The number of ether oxygens (including phenoxy) is 1. The van der Waals surface area contributed by atoms with Gasteiger partial charge in [0.15, 0.2) is 5.16 Å². The molecule has 0 aliphatic rings. The highest BCUT2D eigenvalue weighted by molar-refractivity contribution is 7.99. The van der Waals surface area contributed by atoms with E-state index in [2.05, 4.69) is 15.5 Å². The third-order valence-corrected chi connectivity index (χ3v) is 5.81. The lowest BCUT2D eigenvalue weighted by molar-refractivity contribution is -0.113. The molecule has 10 heteroatoms. The van der Waals surface area contributed by atoms with Crippen molar-refractivity contribution < 1.29 is 9.53 Å². The molecule has 1 N–H and O–H groups in total.